The number of anilines is 1. The fraction of sp³-hybridized carbons (Fsp3) is 0.500. The molecule has 2 aromatic heterocycles. The summed E-state index contributed by atoms with van der Waals surface area (Å²) in [6.07, 6.45) is 12.2. The highest BCUT2D eigenvalue weighted by atomic mass is 16.5. The zero-order valence-corrected chi connectivity index (χ0v) is 14.0. The van der Waals surface area contributed by atoms with E-state index in [1.54, 1.807) is 12.3 Å². The first-order valence-corrected chi connectivity index (χ1v) is 8.49. The second-order valence-corrected chi connectivity index (χ2v) is 6.41. The van der Waals surface area contributed by atoms with Crippen LogP contribution in [0.5, 0.6) is 0 Å². The maximum atomic E-state index is 12.3. The standard InChI is InChI=1S/C18H24N4O2/c1-24-18(23)15(9-13-7-8-17(19)20-10-13)16-11-22(12-21-16)14-5-3-2-4-6-14/h7-8,10-12,14-15H,2-6,9H2,1H3,(H2,19,20). The van der Waals surface area contributed by atoms with Crippen LogP contribution in [0.2, 0.25) is 0 Å². The molecule has 3 rings (SSSR count). The molecule has 0 aromatic carbocycles. The van der Waals surface area contributed by atoms with Crippen molar-refractivity contribution >= 4 is 11.8 Å². The van der Waals surface area contributed by atoms with E-state index in [4.69, 9.17) is 10.5 Å². The van der Waals surface area contributed by atoms with Crippen molar-refractivity contribution < 1.29 is 9.53 Å². The Balaban J connectivity index is 1.79. The van der Waals surface area contributed by atoms with Gasteiger partial charge in [-0.1, -0.05) is 25.3 Å². The van der Waals surface area contributed by atoms with Crippen molar-refractivity contribution in [2.45, 2.75) is 50.5 Å². The number of imidazole rings is 1. The van der Waals surface area contributed by atoms with Crippen molar-refractivity contribution in [1.29, 1.82) is 0 Å². The first-order chi connectivity index (χ1) is 11.7. The van der Waals surface area contributed by atoms with Crippen LogP contribution in [0.4, 0.5) is 5.82 Å². The van der Waals surface area contributed by atoms with Gasteiger partial charge in [0, 0.05) is 18.4 Å². The Morgan fingerprint density at radius 3 is 2.79 bits per heavy atom. The molecule has 6 nitrogen and oxygen atoms in total. The minimum Gasteiger partial charge on any atom is -0.468 e. The van der Waals surface area contributed by atoms with Crippen LogP contribution in [0, 0.1) is 0 Å². The number of hydrogen-bond acceptors (Lipinski definition) is 5. The minimum atomic E-state index is -0.426. The zero-order chi connectivity index (χ0) is 16.9. The van der Waals surface area contributed by atoms with E-state index in [0.717, 1.165) is 11.3 Å². The number of ether oxygens (including phenoxy) is 1. The van der Waals surface area contributed by atoms with E-state index in [1.165, 1.54) is 39.2 Å². The smallest absolute Gasteiger partial charge is 0.315 e. The molecule has 2 aromatic rings. The third kappa shape index (κ3) is 3.75. The summed E-state index contributed by atoms with van der Waals surface area (Å²) in [4.78, 5) is 20.8. The fourth-order valence-corrected chi connectivity index (χ4v) is 3.35. The SMILES string of the molecule is COC(=O)C(Cc1ccc(N)nc1)c1cn(C2CCCCC2)cn1. The number of carbonyl (C=O) groups is 1. The molecule has 2 heterocycles. The number of nitrogens with zero attached hydrogens (tertiary/aromatic N) is 3. The molecule has 1 unspecified atom stereocenters. The van der Waals surface area contributed by atoms with Gasteiger partial charge in [-0.15, -0.1) is 0 Å². The third-order valence-electron chi connectivity index (χ3n) is 4.75. The molecule has 0 saturated heterocycles. The van der Waals surface area contributed by atoms with E-state index in [9.17, 15) is 4.79 Å². The van der Waals surface area contributed by atoms with Gasteiger partial charge in [0.2, 0.25) is 0 Å². The number of hydrogen-bond donors (Lipinski definition) is 1. The Hall–Kier alpha value is -2.37. The molecule has 2 N–H and O–H groups in total. The van der Waals surface area contributed by atoms with Crippen molar-refractivity contribution in [3.8, 4) is 0 Å². The lowest BCUT2D eigenvalue weighted by Gasteiger charge is -2.22. The van der Waals surface area contributed by atoms with Gasteiger partial charge in [0.1, 0.15) is 11.7 Å². The molecule has 0 aliphatic heterocycles. The van der Waals surface area contributed by atoms with Crippen LogP contribution in [0.15, 0.2) is 30.9 Å². The Morgan fingerprint density at radius 1 is 1.33 bits per heavy atom. The van der Waals surface area contributed by atoms with Gasteiger partial charge >= 0.3 is 5.97 Å². The molecule has 1 saturated carbocycles. The number of rotatable bonds is 5. The molecule has 0 radical (unpaired) electrons. The van der Waals surface area contributed by atoms with Crippen molar-refractivity contribution in [3.05, 3.63) is 42.1 Å². The second kappa shape index (κ2) is 7.47. The quantitative estimate of drug-likeness (QED) is 0.853. The summed E-state index contributed by atoms with van der Waals surface area (Å²) < 4.78 is 7.14. The normalized spacial score (nSPS) is 16.7. The fourth-order valence-electron chi connectivity index (χ4n) is 3.35. The molecule has 1 atom stereocenters. The largest absolute Gasteiger partial charge is 0.468 e. The molecule has 1 fully saturated rings. The minimum absolute atomic E-state index is 0.277. The van der Waals surface area contributed by atoms with Crippen LogP contribution < -0.4 is 5.73 Å². The summed E-state index contributed by atoms with van der Waals surface area (Å²) in [6.45, 7) is 0. The number of esters is 1. The lowest BCUT2D eigenvalue weighted by atomic mass is 9.95. The van der Waals surface area contributed by atoms with E-state index >= 15 is 0 Å². The van der Waals surface area contributed by atoms with Gasteiger partial charge in [0.15, 0.2) is 0 Å². The van der Waals surface area contributed by atoms with Gasteiger partial charge < -0.3 is 15.0 Å². The monoisotopic (exact) mass is 328 g/mol. The number of carbonyl (C=O) groups excluding carboxylic acids is 1. The van der Waals surface area contributed by atoms with Gasteiger partial charge in [0.25, 0.3) is 0 Å². The van der Waals surface area contributed by atoms with E-state index < -0.39 is 5.92 Å². The summed E-state index contributed by atoms with van der Waals surface area (Å²) in [6, 6.07) is 4.12. The summed E-state index contributed by atoms with van der Waals surface area (Å²) in [5, 5.41) is 0. The Morgan fingerprint density at radius 2 is 2.12 bits per heavy atom. The van der Waals surface area contributed by atoms with Gasteiger partial charge in [-0.05, 0) is 30.9 Å². The first kappa shape index (κ1) is 16.5. The van der Waals surface area contributed by atoms with Crippen LogP contribution in [0.1, 0.15) is 55.3 Å². The highest BCUT2D eigenvalue weighted by molar-refractivity contribution is 5.77. The molecule has 128 valence electrons. The molecule has 0 amide bonds. The average molecular weight is 328 g/mol. The van der Waals surface area contributed by atoms with Crippen LogP contribution >= 0.6 is 0 Å². The number of aromatic nitrogens is 3. The summed E-state index contributed by atoms with van der Waals surface area (Å²) in [7, 11) is 1.41. The second-order valence-electron chi connectivity index (χ2n) is 6.41. The van der Waals surface area contributed by atoms with Crippen LogP contribution in [-0.2, 0) is 16.0 Å². The first-order valence-electron chi connectivity index (χ1n) is 8.49. The molecule has 1 aliphatic rings. The number of nitrogen functional groups attached to an aromatic ring is 1. The molecule has 0 bridgehead atoms. The van der Waals surface area contributed by atoms with Crippen molar-refractivity contribution in [1.82, 2.24) is 14.5 Å². The highest BCUT2D eigenvalue weighted by Crippen LogP contribution is 2.29. The zero-order valence-electron chi connectivity index (χ0n) is 14.0. The van der Waals surface area contributed by atoms with Crippen molar-refractivity contribution in [3.63, 3.8) is 0 Å². The number of nitrogens with two attached hydrogens (primary N) is 1. The predicted molar refractivity (Wildman–Crippen MR) is 91.5 cm³/mol. The summed E-state index contributed by atoms with van der Waals surface area (Å²) >= 11 is 0. The molecule has 24 heavy (non-hydrogen) atoms. The lowest BCUT2D eigenvalue weighted by molar-refractivity contribution is -0.142. The Labute approximate surface area is 142 Å². The summed E-state index contributed by atoms with van der Waals surface area (Å²) in [5.41, 5.74) is 7.31. The van der Waals surface area contributed by atoms with Gasteiger partial charge in [-0.25, -0.2) is 9.97 Å². The van der Waals surface area contributed by atoms with Gasteiger partial charge in [-0.2, -0.15) is 0 Å². The van der Waals surface area contributed by atoms with Gasteiger partial charge in [0.05, 0.1) is 19.1 Å². The van der Waals surface area contributed by atoms with Crippen molar-refractivity contribution in [2.75, 3.05) is 12.8 Å². The van der Waals surface area contributed by atoms with Crippen LogP contribution in [0.3, 0.4) is 0 Å². The van der Waals surface area contributed by atoms with Crippen molar-refractivity contribution in [2.24, 2.45) is 0 Å². The topological polar surface area (TPSA) is 83.0 Å². The summed E-state index contributed by atoms with van der Waals surface area (Å²) in [5.74, 6) is -0.235. The van der Waals surface area contributed by atoms with E-state index in [0.29, 0.717) is 18.3 Å². The Bertz CT molecular complexity index is 675. The molecular formula is C18H24N4O2. The maximum Gasteiger partial charge on any atom is 0.315 e. The molecular weight excluding hydrogens is 304 g/mol. The van der Waals surface area contributed by atoms with E-state index in [-0.39, 0.29) is 5.97 Å². The predicted octanol–water partition coefficient (Wildman–Crippen LogP) is 2.86. The van der Waals surface area contributed by atoms with Crippen LogP contribution in [0.25, 0.3) is 0 Å². The van der Waals surface area contributed by atoms with E-state index in [2.05, 4.69) is 14.5 Å². The van der Waals surface area contributed by atoms with E-state index in [1.807, 2.05) is 18.6 Å². The lowest BCUT2D eigenvalue weighted by Crippen LogP contribution is -2.17. The Kier molecular flexibility index (Phi) is 5.13. The maximum absolute atomic E-state index is 12.3. The molecule has 0 spiro atoms. The van der Waals surface area contributed by atoms with Gasteiger partial charge in [-0.3, -0.25) is 4.79 Å². The highest BCUT2D eigenvalue weighted by Gasteiger charge is 2.26. The van der Waals surface area contributed by atoms with Crippen LogP contribution in [-0.4, -0.2) is 27.6 Å². The molecule has 6 heteroatoms. The average Bonchev–Trinajstić information content (AvgIpc) is 3.11. The molecule has 1 aliphatic carbocycles. The third-order valence-corrected chi connectivity index (χ3v) is 4.75. The number of methoxy groups -OCH3 is 1. The number of pyridine rings is 1.